The van der Waals surface area contributed by atoms with Crippen molar-refractivity contribution in [2.24, 2.45) is 5.41 Å². The quantitative estimate of drug-likeness (QED) is 0.591. The van der Waals surface area contributed by atoms with Crippen LogP contribution < -0.4 is 58.2 Å². The molecule has 2 rings (SSSR count). The number of allylic oxidation sites excluding steroid dienone is 2. The maximum Gasteiger partial charge on any atom is 1.00 e. The third-order valence-electron chi connectivity index (χ3n) is 2.59. The molecule has 2 unspecified atom stereocenters. The molecule has 0 radical (unpaired) electrons. The van der Waals surface area contributed by atoms with Crippen molar-refractivity contribution in [1.29, 1.82) is 0 Å². The number of hydrogen-bond acceptors (Lipinski definition) is 0. The third kappa shape index (κ3) is 2.76. The van der Waals surface area contributed by atoms with Crippen LogP contribution in [0.15, 0.2) is 36.0 Å². The number of nitrogens with zero attached hydrogens (tertiary/aromatic N) is 1. The molecule has 0 aromatic rings. The van der Waals surface area contributed by atoms with Crippen LogP contribution in [0.3, 0.4) is 0 Å². The fraction of sp³-hybridized carbons (Fsp3) is 0.500. The van der Waals surface area contributed by atoms with E-state index in [4.69, 9.17) is 5.32 Å². The van der Waals surface area contributed by atoms with E-state index in [1.165, 1.54) is 5.57 Å². The Balaban J connectivity index is 0.000000980. The van der Waals surface area contributed by atoms with Crippen molar-refractivity contribution in [2.75, 3.05) is 0 Å². The van der Waals surface area contributed by atoms with Gasteiger partial charge in [-0.3, -0.25) is 0 Å². The molecule has 2 aliphatic rings. The predicted octanol–water partition coefficient (Wildman–Crippen LogP) is 0.213. The molecule has 0 spiro atoms. The zero-order valence-electron chi connectivity index (χ0n) is 9.49. The SMILES string of the molecule is CC(C)(C)C1C=C2C=CC=CC2[N-]1.[Rb+]. The van der Waals surface area contributed by atoms with E-state index in [9.17, 15) is 0 Å². The normalized spacial score (nSPS) is 29.5. The van der Waals surface area contributed by atoms with Crippen molar-refractivity contribution >= 4 is 0 Å². The molecule has 0 amide bonds. The van der Waals surface area contributed by atoms with E-state index in [0.717, 1.165) is 0 Å². The molecule has 0 aromatic carbocycles. The first-order chi connectivity index (χ1) is 6.07. The van der Waals surface area contributed by atoms with Gasteiger partial charge in [-0.2, -0.15) is 0 Å². The van der Waals surface area contributed by atoms with E-state index in [-0.39, 0.29) is 63.6 Å². The van der Waals surface area contributed by atoms with Gasteiger partial charge in [0.1, 0.15) is 0 Å². The Morgan fingerprint density at radius 3 is 2.50 bits per heavy atom. The Kier molecular flexibility index (Phi) is 4.55. The summed E-state index contributed by atoms with van der Waals surface area (Å²) in [6.45, 7) is 6.72. The largest absolute Gasteiger partial charge is 1.00 e. The van der Waals surface area contributed by atoms with Crippen LogP contribution in [-0.4, -0.2) is 12.1 Å². The standard InChI is InChI=1S/C12H16N.Rb/c1-12(2,3)11-8-9-6-4-5-7-10(9)13-11;/h4-8,10-11H,1-3H3;/q-1;+1. The van der Waals surface area contributed by atoms with Crippen molar-refractivity contribution < 1.29 is 58.2 Å². The fourth-order valence-electron chi connectivity index (χ4n) is 1.71. The first kappa shape index (κ1) is 13.1. The molecule has 0 saturated carbocycles. The third-order valence-corrected chi connectivity index (χ3v) is 2.59. The molecule has 1 aliphatic carbocycles. The second-order valence-corrected chi connectivity index (χ2v) is 4.82. The van der Waals surface area contributed by atoms with Gasteiger partial charge in [0.2, 0.25) is 0 Å². The summed E-state index contributed by atoms with van der Waals surface area (Å²) in [7, 11) is 0. The van der Waals surface area contributed by atoms with Gasteiger partial charge in [-0.05, 0) is 0 Å². The molecule has 1 heterocycles. The van der Waals surface area contributed by atoms with E-state index in [1.54, 1.807) is 0 Å². The van der Waals surface area contributed by atoms with Crippen LogP contribution in [0.2, 0.25) is 0 Å². The number of rotatable bonds is 0. The summed E-state index contributed by atoms with van der Waals surface area (Å²) in [4.78, 5) is 0. The molecule has 0 aromatic heterocycles. The van der Waals surface area contributed by atoms with Gasteiger partial charge >= 0.3 is 58.2 Å². The monoisotopic (exact) mass is 259 g/mol. The second-order valence-electron chi connectivity index (χ2n) is 4.82. The zero-order chi connectivity index (χ0) is 9.47. The molecule has 1 aliphatic heterocycles. The molecule has 0 saturated heterocycles. The van der Waals surface area contributed by atoms with Crippen LogP contribution in [0.4, 0.5) is 0 Å². The maximum absolute atomic E-state index is 4.75. The average Bonchev–Trinajstić information content (AvgIpc) is 2.45. The van der Waals surface area contributed by atoms with Crippen LogP contribution in [0, 0.1) is 5.41 Å². The van der Waals surface area contributed by atoms with Crippen molar-refractivity contribution in [2.45, 2.75) is 32.9 Å². The van der Waals surface area contributed by atoms with Gasteiger partial charge < -0.3 is 5.32 Å². The molecule has 14 heavy (non-hydrogen) atoms. The Morgan fingerprint density at radius 1 is 1.21 bits per heavy atom. The second kappa shape index (κ2) is 4.88. The Labute approximate surface area is 136 Å². The van der Waals surface area contributed by atoms with Gasteiger partial charge in [0, 0.05) is 0 Å². The van der Waals surface area contributed by atoms with Crippen LogP contribution >= 0.6 is 0 Å². The minimum Gasteiger partial charge on any atom is -0.646 e. The van der Waals surface area contributed by atoms with Gasteiger partial charge in [0.15, 0.2) is 0 Å². The first-order valence-corrected chi connectivity index (χ1v) is 4.84. The van der Waals surface area contributed by atoms with E-state index < -0.39 is 0 Å². The van der Waals surface area contributed by atoms with Gasteiger partial charge in [-0.1, -0.05) is 68.2 Å². The first-order valence-electron chi connectivity index (χ1n) is 4.84. The van der Waals surface area contributed by atoms with Gasteiger partial charge in [-0.15, -0.1) is 6.04 Å². The zero-order valence-corrected chi connectivity index (χ0v) is 14.4. The van der Waals surface area contributed by atoms with Gasteiger partial charge in [0.05, 0.1) is 0 Å². The summed E-state index contributed by atoms with van der Waals surface area (Å²) in [5.41, 5.74) is 1.62. The summed E-state index contributed by atoms with van der Waals surface area (Å²) in [5.74, 6) is 0. The summed E-state index contributed by atoms with van der Waals surface area (Å²) in [6.07, 6.45) is 10.8. The molecule has 2 atom stereocenters. The summed E-state index contributed by atoms with van der Waals surface area (Å²) >= 11 is 0. The molecule has 2 heteroatoms. The average molecular weight is 260 g/mol. The summed E-state index contributed by atoms with van der Waals surface area (Å²) in [6, 6.07) is 0.703. The molecular formula is C12H16NRb. The molecule has 0 N–H and O–H groups in total. The number of hydrogen-bond donors (Lipinski definition) is 0. The Morgan fingerprint density at radius 2 is 1.93 bits per heavy atom. The Hall–Kier alpha value is 0.985. The van der Waals surface area contributed by atoms with Gasteiger partial charge in [0.25, 0.3) is 0 Å². The smallest absolute Gasteiger partial charge is 0.646 e. The van der Waals surface area contributed by atoms with E-state index in [2.05, 4.69) is 51.2 Å². The molecule has 0 fully saturated rings. The van der Waals surface area contributed by atoms with Crippen molar-refractivity contribution in [3.05, 3.63) is 41.3 Å². The number of fused-ring (bicyclic) bond motifs is 1. The fourth-order valence-corrected chi connectivity index (χ4v) is 1.71. The van der Waals surface area contributed by atoms with Crippen LogP contribution in [0.5, 0.6) is 0 Å². The topological polar surface area (TPSA) is 14.1 Å². The van der Waals surface area contributed by atoms with E-state index >= 15 is 0 Å². The molecule has 70 valence electrons. The molecular weight excluding hydrogens is 244 g/mol. The van der Waals surface area contributed by atoms with Crippen molar-refractivity contribution in [3.8, 4) is 0 Å². The minimum absolute atomic E-state index is 0. The van der Waals surface area contributed by atoms with Crippen LogP contribution in [-0.2, 0) is 0 Å². The minimum atomic E-state index is 0. The molecule has 0 bridgehead atoms. The molecule has 1 nitrogen and oxygen atoms in total. The van der Waals surface area contributed by atoms with Crippen LogP contribution in [0.1, 0.15) is 20.8 Å². The summed E-state index contributed by atoms with van der Waals surface area (Å²) < 4.78 is 0. The van der Waals surface area contributed by atoms with Gasteiger partial charge in [-0.25, -0.2) is 0 Å². The Bertz CT molecular complexity index is 294. The van der Waals surface area contributed by atoms with E-state index in [0.29, 0.717) is 12.1 Å². The summed E-state index contributed by atoms with van der Waals surface area (Å²) in [5, 5.41) is 4.75. The van der Waals surface area contributed by atoms with Crippen molar-refractivity contribution in [3.63, 3.8) is 0 Å². The van der Waals surface area contributed by atoms with Crippen molar-refractivity contribution in [1.82, 2.24) is 0 Å². The maximum atomic E-state index is 4.75. The van der Waals surface area contributed by atoms with E-state index in [1.807, 2.05) is 0 Å². The predicted molar refractivity (Wildman–Crippen MR) is 56.8 cm³/mol. The van der Waals surface area contributed by atoms with Crippen LogP contribution in [0.25, 0.3) is 5.32 Å².